The average Bonchev–Trinajstić information content (AvgIpc) is 2.38. The normalized spacial score (nSPS) is 10.4. The fraction of sp³-hybridized carbons (Fsp3) is 0.167. The number of nitrogens with zero attached hydrogens (tertiary/aromatic N) is 1. The highest BCUT2D eigenvalue weighted by atomic mass is 35.5. The van der Waals surface area contributed by atoms with Gasteiger partial charge in [0.2, 0.25) is 0 Å². The van der Waals surface area contributed by atoms with E-state index < -0.39 is 11.2 Å². The number of H-pyrrole nitrogens is 1. The van der Waals surface area contributed by atoms with Crippen molar-refractivity contribution in [3.63, 3.8) is 0 Å². The summed E-state index contributed by atoms with van der Waals surface area (Å²) < 4.78 is 1.16. The van der Waals surface area contributed by atoms with Gasteiger partial charge in [-0.15, -0.1) is 0 Å². The van der Waals surface area contributed by atoms with Crippen molar-refractivity contribution in [2.24, 2.45) is 7.05 Å². The van der Waals surface area contributed by atoms with E-state index in [0.29, 0.717) is 11.6 Å². The summed E-state index contributed by atoms with van der Waals surface area (Å²) in [6, 6.07) is 7.25. The molecule has 0 saturated carbocycles. The first-order chi connectivity index (χ1) is 9.00. The molecule has 0 fully saturated rings. The molecule has 0 aliphatic carbocycles. The Hall–Kier alpha value is -2.21. The van der Waals surface area contributed by atoms with Gasteiger partial charge in [-0.3, -0.25) is 14.3 Å². The van der Waals surface area contributed by atoms with E-state index in [2.05, 4.69) is 10.3 Å². The molecule has 0 atom stereocenters. The zero-order valence-corrected chi connectivity index (χ0v) is 11.0. The molecule has 1 aromatic carbocycles. The average molecular weight is 281 g/mol. The number of benzene rings is 1. The Morgan fingerprint density at radius 3 is 2.74 bits per heavy atom. The van der Waals surface area contributed by atoms with E-state index in [9.17, 15) is 9.59 Å². The molecule has 6 nitrogen and oxygen atoms in total. The lowest BCUT2D eigenvalue weighted by Gasteiger charge is -2.11. The van der Waals surface area contributed by atoms with Crippen LogP contribution in [0.5, 0.6) is 0 Å². The number of rotatable bonds is 3. The summed E-state index contributed by atoms with van der Waals surface area (Å²) in [5.41, 5.74) is 5.62. The monoisotopic (exact) mass is 280 g/mol. The second kappa shape index (κ2) is 5.19. The molecule has 1 aromatic heterocycles. The quantitative estimate of drug-likeness (QED) is 0.779. The van der Waals surface area contributed by atoms with Crippen LogP contribution in [-0.2, 0) is 13.6 Å². The van der Waals surface area contributed by atoms with Crippen LogP contribution in [0, 0.1) is 0 Å². The van der Waals surface area contributed by atoms with Gasteiger partial charge in [-0.2, -0.15) is 0 Å². The molecular formula is C12H13ClN4O2. The van der Waals surface area contributed by atoms with Gasteiger partial charge < -0.3 is 11.1 Å². The standard InChI is InChI=1S/C12H13ClN4O2/c1-17-10(14)9(11(18)16-12(17)19)15-6-7-4-2-3-5-8(7)13/h2-5,15H,6,14H2,1H3,(H,16,18,19). The second-order valence-electron chi connectivity index (χ2n) is 4.02. The Morgan fingerprint density at radius 2 is 2.05 bits per heavy atom. The Labute approximate surface area is 113 Å². The van der Waals surface area contributed by atoms with Crippen molar-refractivity contribution in [1.82, 2.24) is 9.55 Å². The number of nitrogen functional groups attached to an aromatic ring is 1. The molecule has 19 heavy (non-hydrogen) atoms. The van der Waals surface area contributed by atoms with Crippen LogP contribution in [0.3, 0.4) is 0 Å². The third-order valence-corrected chi connectivity index (χ3v) is 3.15. The number of aromatic nitrogens is 2. The molecule has 0 bridgehead atoms. The summed E-state index contributed by atoms with van der Waals surface area (Å²) in [7, 11) is 1.48. The lowest BCUT2D eigenvalue weighted by molar-refractivity contribution is 0.812. The number of anilines is 2. The fourth-order valence-corrected chi connectivity index (χ4v) is 1.84. The first kappa shape index (κ1) is 13.2. The molecule has 100 valence electrons. The zero-order valence-electron chi connectivity index (χ0n) is 10.2. The topological polar surface area (TPSA) is 92.9 Å². The first-order valence-corrected chi connectivity index (χ1v) is 5.94. The van der Waals surface area contributed by atoms with E-state index in [1.165, 1.54) is 7.05 Å². The van der Waals surface area contributed by atoms with Gasteiger partial charge in [-0.1, -0.05) is 29.8 Å². The van der Waals surface area contributed by atoms with Crippen molar-refractivity contribution in [1.29, 1.82) is 0 Å². The minimum atomic E-state index is -0.550. The van der Waals surface area contributed by atoms with Gasteiger partial charge in [0.25, 0.3) is 5.56 Å². The molecule has 2 aromatic rings. The van der Waals surface area contributed by atoms with E-state index in [0.717, 1.165) is 10.1 Å². The minimum absolute atomic E-state index is 0.0841. The number of nitrogens with two attached hydrogens (primary N) is 1. The predicted octanol–water partition coefficient (Wildman–Crippen LogP) is 0.921. The second-order valence-corrected chi connectivity index (χ2v) is 4.43. The Morgan fingerprint density at radius 1 is 1.37 bits per heavy atom. The smallest absolute Gasteiger partial charge is 0.329 e. The maximum Gasteiger partial charge on any atom is 0.329 e. The highest BCUT2D eigenvalue weighted by molar-refractivity contribution is 6.31. The Balaban J connectivity index is 2.31. The molecule has 0 aliphatic heterocycles. The summed E-state index contributed by atoms with van der Waals surface area (Å²) >= 11 is 6.01. The third kappa shape index (κ3) is 2.63. The molecule has 0 unspecified atom stereocenters. The van der Waals surface area contributed by atoms with Gasteiger partial charge in [0.05, 0.1) is 0 Å². The van der Waals surface area contributed by atoms with Crippen LogP contribution in [0.1, 0.15) is 5.56 Å². The molecule has 0 aliphatic rings. The van der Waals surface area contributed by atoms with Crippen molar-refractivity contribution < 1.29 is 0 Å². The summed E-state index contributed by atoms with van der Waals surface area (Å²) in [5, 5.41) is 3.49. The molecule has 0 radical (unpaired) electrons. The summed E-state index contributed by atoms with van der Waals surface area (Å²) in [6.45, 7) is 0.338. The van der Waals surface area contributed by atoms with Crippen LogP contribution in [-0.4, -0.2) is 9.55 Å². The van der Waals surface area contributed by atoms with Gasteiger partial charge in [0.1, 0.15) is 11.5 Å². The lowest BCUT2D eigenvalue weighted by Crippen LogP contribution is -2.32. The van der Waals surface area contributed by atoms with E-state index in [4.69, 9.17) is 17.3 Å². The lowest BCUT2D eigenvalue weighted by atomic mass is 10.2. The molecule has 2 rings (SSSR count). The van der Waals surface area contributed by atoms with Crippen molar-refractivity contribution in [2.75, 3.05) is 11.1 Å². The zero-order chi connectivity index (χ0) is 14.0. The molecule has 0 saturated heterocycles. The van der Waals surface area contributed by atoms with Crippen molar-refractivity contribution in [3.05, 3.63) is 55.7 Å². The van der Waals surface area contributed by atoms with Crippen molar-refractivity contribution in [2.45, 2.75) is 6.54 Å². The predicted molar refractivity (Wildman–Crippen MR) is 75.5 cm³/mol. The van der Waals surface area contributed by atoms with Crippen molar-refractivity contribution in [3.8, 4) is 0 Å². The summed E-state index contributed by atoms with van der Waals surface area (Å²) in [4.78, 5) is 25.2. The third-order valence-electron chi connectivity index (χ3n) is 2.78. The number of nitrogens with one attached hydrogen (secondary N) is 2. The first-order valence-electron chi connectivity index (χ1n) is 5.56. The molecule has 7 heteroatoms. The number of hydrogen-bond donors (Lipinski definition) is 3. The van der Waals surface area contributed by atoms with Crippen molar-refractivity contribution >= 4 is 23.1 Å². The van der Waals surface area contributed by atoms with Crippen LogP contribution in [0.4, 0.5) is 11.5 Å². The van der Waals surface area contributed by atoms with E-state index in [-0.39, 0.29) is 11.5 Å². The van der Waals surface area contributed by atoms with Crippen LogP contribution in [0.2, 0.25) is 5.02 Å². The van der Waals surface area contributed by atoms with E-state index >= 15 is 0 Å². The molecular weight excluding hydrogens is 268 g/mol. The highest BCUT2D eigenvalue weighted by Gasteiger charge is 2.09. The maximum absolute atomic E-state index is 11.7. The van der Waals surface area contributed by atoms with Crippen LogP contribution >= 0.6 is 11.6 Å². The highest BCUT2D eigenvalue weighted by Crippen LogP contribution is 2.17. The minimum Gasteiger partial charge on any atom is -0.383 e. The van der Waals surface area contributed by atoms with Crippen LogP contribution < -0.4 is 22.3 Å². The molecule has 0 spiro atoms. The van der Waals surface area contributed by atoms with E-state index in [1.807, 2.05) is 18.2 Å². The SMILES string of the molecule is Cn1c(N)c(NCc2ccccc2Cl)c(=O)[nH]c1=O. The largest absolute Gasteiger partial charge is 0.383 e. The van der Waals surface area contributed by atoms with Crippen LogP contribution in [0.15, 0.2) is 33.9 Å². The molecule has 4 N–H and O–H groups in total. The van der Waals surface area contributed by atoms with Gasteiger partial charge in [0.15, 0.2) is 0 Å². The summed E-state index contributed by atoms with van der Waals surface area (Å²) in [6.07, 6.45) is 0. The number of aromatic amines is 1. The van der Waals surface area contributed by atoms with Gasteiger partial charge in [0, 0.05) is 18.6 Å². The molecule has 1 heterocycles. The Bertz CT molecular complexity index is 720. The van der Waals surface area contributed by atoms with Crippen LogP contribution in [0.25, 0.3) is 0 Å². The Kier molecular flexibility index (Phi) is 3.62. The maximum atomic E-state index is 11.7. The molecule has 0 amide bonds. The number of halogens is 1. The fourth-order valence-electron chi connectivity index (χ4n) is 1.63. The van der Waals surface area contributed by atoms with Gasteiger partial charge in [-0.05, 0) is 11.6 Å². The van der Waals surface area contributed by atoms with E-state index in [1.54, 1.807) is 6.07 Å². The number of hydrogen-bond acceptors (Lipinski definition) is 4. The van der Waals surface area contributed by atoms with Gasteiger partial charge in [-0.25, -0.2) is 4.79 Å². The van der Waals surface area contributed by atoms with Gasteiger partial charge >= 0.3 is 5.69 Å². The summed E-state index contributed by atoms with van der Waals surface area (Å²) in [5.74, 6) is 0.0841.